The van der Waals surface area contributed by atoms with Crippen molar-refractivity contribution >= 4 is 6.03 Å². The van der Waals surface area contributed by atoms with Gasteiger partial charge in [-0.3, -0.25) is 0 Å². The van der Waals surface area contributed by atoms with Gasteiger partial charge in [0.1, 0.15) is 12.4 Å². The van der Waals surface area contributed by atoms with E-state index >= 15 is 0 Å². The normalized spacial score (nSPS) is 10.8. The summed E-state index contributed by atoms with van der Waals surface area (Å²) in [5, 5.41) is 5.51. The minimum absolute atomic E-state index is 0.234. The molecule has 0 saturated heterocycles. The van der Waals surface area contributed by atoms with Crippen LogP contribution in [0.5, 0.6) is 5.75 Å². The maximum absolute atomic E-state index is 12.1. The fraction of sp³-hybridized carbons (Fsp3) is 0.562. The SMILES string of the molecule is CC(C)CCCNC(=O)NCc1cccc(OCC(F)F)c1. The predicted molar refractivity (Wildman–Crippen MR) is 82.3 cm³/mol. The second kappa shape index (κ2) is 9.97. The fourth-order valence-electron chi connectivity index (χ4n) is 1.86. The Kier molecular flexibility index (Phi) is 8.25. The largest absolute Gasteiger partial charge is 0.488 e. The fourth-order valence-corrected chi connectivity index (χ4v) is 1.86. The van der Waals surface area contributed by atoms with Gasteiger partial charge in [-0.15, -0.1) is 0 Å². The summed E-state index contributed by atoms with van der Waals surface area (Å²) in [6, 6.07) is 6.52. The molecule has 124 valence electrons. The first-order valence-electron chi connectivity index (χ1n) is 7.49. The van der Waals surface area contributed by atoms with Crippen LogP contribution in [0.25, 0.3) is 0 Å². The number of halogens is 2. The van der Waals surface area contributed by atoms with Crippen LogP contribution >= 0.6 is 0 Å². The van der Waals surface area contributed by atoms with Gasteiger partial charge in [0.2, 0.25) is 0 Å². The van der Waals surface area contributed by atoms with Crippen LogP contribution in [0.1, 0.15) is 32.3 Å². The number of ether oxygens (including phenoxy) is 1. The lowest BCUT2D eigenvalue weighted by Gasteiger charge is -2.10. The molecule has 0 aliphatic carbocycles. The molecule has 0 fully saturated rings. The number of carbonyl (C=O) groups excluding carboxylic acids is 1. The van der Waals surface area contributed by atoms with E-state index in [1.807, 2.05) is 0 Å². The summed E-state index contributed by atoms with van der Waals surface area (Å²) < 4.78 is 29.1. The molecule has 0 heterocycles. The summed E-state index contributed by atoms with van der Waals surface area (Å²) in [7, 11) is 0. The van der Waals surface area contributed by atoms with Crippen LogP contribution in [-0.2, 0) is 6.54 Å². The Balaban J connectivity index is 2.28. The van der Waals surface area contributed by atoms with E-state index in [1.165, 1.54) is 0 Å². The van der Waals surface area contributed by atoms with Crippen molar-refractivity contribution in [2.75, 3.05) is 13.2 Å². The van der Waals surface area contributed by atoms with Gasteiger partial charge in [0.15, 0.2) is 0 Å². The maximum Gasteiger partial charge on any atom is 0.315 e. The molecule has 0 aliphatic rings. The topological polar surface area (TPSA) is 50.4 Å². The van der Waals surface area contributed by atoms with Gasteiger partial charge in [-0.1, -0.05) is 26.0 Å². The van der Waals surface area contributed by atoms with Crippen molar-refractivity contribution in [1.82, 2.24) is 10.6 Å². The quantitative estimate of drug-likeness (QED) is 0.685. The highest BCUT2D eigenvalue weighted by Gasteiger charge is 2.05. The highest BCUT2D eigenvalue weighted by molar-refractivity contribution is 5.73. The second-order valence-electron chi connectivity index (χ2n) is 5.50. The number of rotatable bonds is 9. The number of alkyl halides is 2. The highest BCUT2D eigenvalue weighted by atomic mass is 19.3. The molecule has 0 aromatic heterocycles. The smallest absolute Gasteiger partial charge is 0.315 e. The molecule has 0 radical (unpaired) electrons. The predicted octanol–water partition coefficient (Wildman–Crippen LogP) is 3.57. The van der Waals surface area contributed by atoms with E-state index in [-0.39, 0.29) is 6.03 Å². The van der Waals surface area contributed by atoms with Gasteiger partial charge in [-0.05, 0) is 36.5 Å². The summed E-state index contributed by atoms with van der Waals surface area (Å²) in [6.45, 7) is 4.61. The molecule has 0 atom stereocenters. The lowest BCUT2D eigenvalue weighted by molar-refractivity contribution is 0.0818. The standard InChI is InChI=1S/C16H24F2N2O2/c1-12(2)5-4-8-19-16(21)20-10-13-6-3-7-14(9-13)22-11-15(17)18/h3,6-7,9,12,15H,4-5,8,10-11H2,1-2H3,(H2,19,20,21). The zero-order chi connectivity index (χ0) is 16.4. The number of carbonyl (C=O) groups is 1. The monoisotopic (exact) mass is 314 g/mol. The average molecular weight is 314 g/mol. The number of hydrogen-bond donors (Lipinski definition) is 2. The molecular formula is C16H24F2N2O2. The zero-order valence-corrected chi connectivity index (χ0v) is 13.1. The summed E-state index contributed by atoms with van der Waals surface area (Å²) in [5.74, 6) is 0.998. The van der Waals surface area contributed by atoms with Crippen molar-refractivity contribution in [2.45, 2.75) is 39.7 Å². The molecule has 2 amide bonds. The van der Waals surface area contributed by atoms with Crippen LogP contribution in [0.15, 0.2) is 24.3 Å². The summed E-state index contributed by atoms with van der Waals surface area (Å²) in [4.78, 5) is 11.6. The molecule has 0 unspecified atom stereocenters. The zero-order valence-electron chi connectivity index (χ0n) is 13.1. The minimum atomic E-state index is -2.50. The van der Waals surface area contributed by atoms with E-state index < -0.39 is 13.0 Å². The number of urea groups is 1. The first kappa shape index (κ1) is 18.2. The van der Waals surface area contributed by atoms with Gasteiger partial charge >= 0.3 is 6.03 Å². The molecular weight excluding hydrogens is 290 g/mol. The Morgan fingerprint density at radius 3 is 2.73 bits per heavy atom. The highest BCUT2D eigenvalue weighted by Crippen LogP contribution is 2.14. The summed E-state index contributed by atoms with van der Waals surface area (Å²) in [5.41, 5.74) is 0.795. The van der Waals surface area contributed by atoms with E-state index in [2.05, 4.69) is 24.5 Å². The van der Waals surface area contributed by atoms with Crippen LogP contribution in [-0.4, -0.2) is 25.6 Å². The van der Waals surface area contributed by atoms with Crippen LogP contribution in [0.4, 0.5) is 13.6 Å². The Labute approximate surface area is 130 Å². The lowest BCUT2D eigenvalue weighted by atomic mass is 10.1. The van der Waals surface area contributed by atoms with E-state index in [1.54, 1.807) is 24.3 Å². The number of amides is 2. The van der Waals surface area contributed by atoms with Gasteiger partial charge < -0.3 is 15.4 Å². The third kappa shape index (κ3) is 8.44. The molecule has 1 rings (SSSR count). The molecule has 0 bridgehead atoms. The maximum atomic E-state index is 12.1. The van der Waals surface area contributed by atoms with Crippen molar-refractivity contribution < 1.29 is 18.3 Å². The van der Waals surface area contributed by atoms with Crippen LogP contribution in [0, 0.1) is 5.92 Å². The second-order valence-corrected chi connectivity index (χ2v) is 5.50. The van der Waals surface area contributed by atoms with Gasteiger partial charge in [0.25, 0.3) is 6.43 Å². The van der Waals surface area contributed by atoms with E-state index in [0.717, 1.165) is 18.4 Å². The molecule has 1 aromatic rings. The van der Waals surface area contributed by atoms with Crippen molar-refractivity contribution in [1.29, 1.82) is 0 Å². The molecule has 22 heavy (non-hydrogen) atoms. The Morgan fingerprint density at radius 1 is 1.27 bits per heavy atom. The number of hydrogen-bond acceptors (Lipinski definition) is 2. The molecule has 0 spiro atoms. The van der Waals surface area contributed by atoms with Crippen molar-refractivity contribution in [3.8, 4) is 5.75 Å². The van der Waals surface area contributed by atoms with E-state index in [4.69, 9.17) is 4.74 Å². The number of benzene rings is 1. The Morgan fingerprint density at radius 2 is 2.05 bits per heavy atom. The third-order valence-corrected chi connectivity index (χ3v) is 2.97. The first-order chi connectivity index (χ1) is 10.5. The molecule has 1 aromatic carbocycles. The van der Waals surface area contributed by atoms with Crippen molar-refractivity contribution in [3.05, 3.63) is 29.8 Å². The summed E-state index contributed by atoms with van der Waals surface area (Å²) >= 11 is 0. The van der Waals surface area contributed by atoms with E-state index in [0.29, 0.717) is 24.8 Å². The van der Waals surface area contributed by atoms with Gasteiger partial charge in [0, 0.05) is 13.1 Å². The van der Waals surface area contributed by atoms with E-state index in [9.17, 15) is 13.6 Å². The molecule has 0 aliphatic heterocycles. The summed E-state index contributed by atoms with van der Waals surface area (Å²) in [6.07, 6.45) is -0.482. The molecule has 4 nitrogen and oxygen atoms in total. The van der Waals surface area contributed by atoms with Crippen LogP contribution < -0.4 is 15.4 Å². The first-order valence-corrected chi connectivity index (χ1v) is 7.49. The van der Waals surface area contributed by atoms with Crippen LogP contribution in [0.2, 0.25) is 0 Å². The molecule has 2 N–H and O–H groups in total. The Bertz CT molecular complexity index is 454. The lowest BCUT2D eigenvalue weighted by Crippen LogP contribution is -2.35. The number of nitrogens with one attached hydrogen (secondary N) is 2. The Hall–Kier alpha value is -1.85. The van der Waals surface area contributed by atoms with Crippen LogP contribution in [0.3, 0.4) is 0 Å². The van der Waals surface area contributed by atoms with Crippen molar-refractivity contribution in [3.63, 3.8) is 0 Å². The van der Waals surface area contributed by atoms with Crippen molar-refractivity contribution in [2.24, 2.45) is 5.92 Å². The minimum Gasteiger partial charge on any atom is -0.488 e. The molecule has 0 saturated carbocycles. The van der Waals surface area contributed by atoms with Gasteiger partial charge in [-0.25, -0.2) is 13.6 Å². The average Bonchev–Trinajstić information content (AvgIpc) is 2.48. The molecule has 6 heteroatoms. The third-order valence-electron chi connectivity index (χ3n) is 2.97. The van der Waals surface area contributed by atoms with Gasteiger partial charge in [0.05, 0.1) is 0 Å². The van der Waals surface area contributed by atoms with Gasteiger partial charge in [-0.2, -0.15) is 0 Å².